The highest BCUT2D eigenvalue weighted by atomic mass is 16.2. The predicted octanol–water partition coefficient (Wildman–Crippen LogP) is 1.85. The van der Waals surface area contributed by atoms with Gasteiger partial charge in [-0.1, -0.05) is 18.2 Å². The van der Waals surface area contributed by atoms with Gasteiger partial charge in [0.2, 0.25) is 17.7 Å². The van der Waals surface area contributed by atoms with Crippen LogP contribution in [-0.2, 0) is 21.4 Å². The van der Waals surface area contributed by atoms with Gasteiger partial charge in [0, 0.05) is 61.7 Å². The average Bonchev–Trinajstić information content (AvgIpc) is 2.92. The van der Waals surface area contributed by atoms with Crippen molar-refractivity contribution in [3.05, 3.63) is 42.1 Å². The lowest BCUT2D eigenvalue weighted by Crippen LogP contribution is -2.44. The number of amides is 3. The first kappa shape index (κ1) is 17.0. The van der Waals surface area contributed by atoms with Crippen LogP contribution in [-0.4, -0.2) is 40.3 Å². The van der Waals surface area contributed by atoms with E-state index in [9.17, 15) is 14.4 Å². The summed E-state index contributed by atoms with van der Waals surface area (Å²) in [5.74, 6) is -0.557. The van der Waals surface area contributed by atoms with Crippen molar-refractivity contribution in [3.63, 3.8) is 0 Å². The van der Waals surface area contributed by atoms with Gasteiger partial charge in [-0.05, 0) is 18.6 Å². The molecule has 0 aliphatic carbocycles. The first-order valence-corrected chi connectivity index (χ1v) is 8.39. The number of aryl methyl sites for hydroxylation is 1. The van der Waals surface area contributed by atoms with Crippen LogP contribution in [0.2, 0.25) is 0 Å². The second-order valence-electron chi connectivity index (χ2n) is 6.13. The molecule has 1 fully saturated rings. The van der Waals surface area contributed by atoms with Crippen molar-refractivity contribution in [1.29, 1.82) is 0 Å². The maximum Gasteiger partial charge on any atom is 0.244 e. The zero-order valence-corrected chi connectivity index (χ0v) is 14.2. The summed E-state index contributed by atoms with van der Waals surface area (Å²) in [5, 5.41) is 3.80. The minimum atomic E-state index is -0.246. The van der Waals surface area contributed by atoms with E-state index in [-0.39, 0.29) is 30.8 Å². The van der Waals surface area contributed by atoms with Crippen LogP contribution in [0.1, 0.15) is 24.8 Å². The molecule has 0 bridgehead atoms. The number of piperidine rings is 1. The van der Waals surface area contributed by atoms with Crippen LogP contribution in [0.3, 0.4) is 0 Å². The second kappa shape index (κ2) is 7.34. The van der Waals surface area contributed by atoms with Crippen LogP contribution >= 0.6 is 0 Å². The third-order valence-electron chi connectivity index (χ3n) is 4.36. The Bertz CT molecular complexity index is 835. The summed E-state index contributed by atoms with van der Waals surface area (Å²) in [6.45, 7) is 0.488. The Labute approximate surface area is 146 Å². The fourth-order valence-corrected chi connectivity index (χ4v) is 3.07. The smallest absolute Gasteiger partial charge is 0.244 e. The van der Waals surface area contributed by atoms with Crippen LogP contribution in [0.5, 0.6) is 0 Å². The third-order valence-corrected chi connectivity index (χ3v) is 4.36. The first-order valence-electron chi connectivity index (χ1n) is 8.39. The molecule has 2 heterocycles. The van der Waals surface area contributed by atoms with E-state index in [1.165, 1.54) is 11.0 Å². The number of imide groups is 1. The number of rotatable bonds is 5. The number of nitrogens with one attached hydrogen (secondary N) is 1. The number of hydrogen-bond acceptors (Lipinski definition) is 3. The molecule has 0 unspecified atom stereocenters. The SMILES string of the molecule is Cn1cc(C=CC(=O)NCCN2C(=O)CCCC2=O)c2ccccc21. The Morgan fingerprint density at radius 2 is 1.92 bits per heavy atom. The van der Waals surface area contributed by atoms with Crippen LogP contribution in [0.4, 0.5) is 0 Å². The highest BCUT2D eigenvalue weighted by Crippen LogP contribution is 2.21. The van der Waals surface area contributed by atoms with E-state index in [4.69, 9.17) is 0 Å². The molecule has 0 saturated carbocycles. The molecule has 25 heavy (non-hydrogen) atoms. The molecule has 3 amide bonds. The Hall–Kier alpha value is -2.89. The molecule has 6 heteroatoms. The van der Waals surface area contributed by atoms with Gasteiger partial charge in [-0.15, -0.1) is 0 Å². The van der Waals surface area contributed by atoms with Crippen molar-refractivity contribution in [1.82, 2.24) is 14.8 Å². The number of carbonyl (C=O) groups is 3. The van der Waals surface area contributed by atoms with Crippen molar-refractivity contribution in [3.8, 4) is 0 Å². The molecular weight excluding hydrogens is 318 g/mol. The van der Waals surface area contributed by atoms with Gasteiger partial charge >= 0.3 is 0 Å². The lowest BCUT2D eigenvalue weighted by Gasteiger charge is -2.24. The van der Waals surface area contributed by atoms with Crippen molar-refractivity contribution < 1.29 is 14.4 Å². The number of aromatic nitrogens is 1. The average molecular weight is 339 g/mol. The zero-order chi connectivity index (χ0) is 17.8. The van der Waals surface area contributed by atoms with Gasteiger partial charge in [0.1, 0.15) is 0 Å². The number of benzene rings is 1. The summed E-state index contributed by atoms with van der Waals surface area (Å²) < 4.78 is 2.01. The van der Waals surface area contributed by atoms with Gasteiger partial charge in [0.15, 0.2) is 0 Å². The third kappa shape index (κ3) is 3.79. The zero-order valence-electron chi connectivity index (χ0n) is 14.2. The molecule has 0 spiro atoms. The van der Waals surface area contributed by atoms with Crippen molar-refractivity contribution in [2.45, 2.75) is 19.3 Å². The van der Waals surface area contributed by atoms with Crippen LogP contribution in [0, 0.1) is 0 Å². The fraction of sp³-hybridized carbons (Fsp3) is 0.316. The lowest BCUT2D eigenvalue weighted by atomic mass is 10.1. The molecular formula is C19H21N3O3. The van der Waals surface area contributed by atoms with Crippen molar-refractivity contribution >= 4 is 34.7 Å². The minimum Gasteiger partial charge on any atom is -0.351 e. The summed E-state index contributed by atoms with van der Waals surface area (Å²) in [6, 6.07) is 7.98. The number of nitrogens with zero attached hydrogens (tertiary/aromatic N) is 2. The number of fused-ring (bicyclic) bond motifs is 1. The Balaban J connectivity index is 1.56. The van der Waals surface area contributed by atoms with Crippen LogP contribution < -0.4 is 5.32 Å². The number of likely N-dealkylation sites (tertiary alicyclic amines) is 1. The standard InChI is InChI=1S/C19H21N3O3/c1-21-13-14(15-5-2-3-6-16(15)21)9-10-17(23)20-11-12-22-18(24)7-4-8-19(22)25/h2-3,5-6,9-10,13H,4,7-8,11-12H2,1H3,(H,20,23). The van der Waals surface area contributed by atoms with Gasteiger partial charge in [-0.3, -0.25) is 19.3 Å². The molecule has 1 saturated heterocycles. The van der Waals surface area contributed by atoms with Gasteiger partial charge in [0.25, 0.3) is 0 Å². The first-order chi connectivity index (χ1) is 12.1. The molecule has 1 aliphatic heterocycles. The maximum absolute atomic E-state index is 12.0. The van der Waals surface area contributed by atoms with E-state index in [1.807, 2.05) is 42.1 Å². The molecule has 1 aromatic carbocycles. The minimum absolute atomic E-state index is 0.156. The summed E-state index contributed by atoms with van der Waals surface area (Å²) in [5.41, 5.74) is 2.07. The normalized spacial score (nSPS) is 15.3. The van der Waals surface area contributed by atoms with Gasteiger partial charge in [-0.25, -0.2) is 0 Å². The Morgan fingerprint density at radius 3 is 2.68 bits per heavy atom. The van der Waals surface area contributed by atoms with Crippen LogP contribution in [0.25, 0.3) is 17.0 Å². The Kier molecular flexibility index (Phi) is 4.97. The molecule has 6 nitrogen and oxygen atoms in total. The molecule has 1 N–H and O–H groups in total. The fourth-order valence-electron chi connectivity index (χ4n) is 3.07. The maximum atomic E-state index is 12.0. The van der Waals surface area contributed by atoms with E-state index >= 15 is 0 Å². The summed E-state index contributed by atoms with van der Waals surface area (Å²) in [6.07, 6.45) is 6.64. The summed E-state index contributed by atoms with van der Waals surface area (Å²) >= 11 is 0. The van der Waals surface area contributed by atoms with Gasteiger partial charge < -0.3 is 9.88 Å². The van der Waals surface area contributed by atoms with Gasteiger partial charge in [0.05, 0.1) is 0 Å². The summed E-state index contributed by atoms with van der Waals surface area (Å²) in [7, 11) is 1.96. The quantitative estimate of drug-likeness (QED) is 0.667. The molecule has 0 atom stereocenters. The summed E-state index contributed by atoms with van der Waals surface area (Å²) in [4.78, 5) is 36.6. The molecule has 3 rings (SSSR count). The molecule has 1 aliphatic rings. The second-order valence-corrected chi connectivity index (χ2v) is 6.13. The lowest BCUT2D eigenvalue weighted by molar-refractivity contribution is -0.148. The number of para-hydroxylation sites is 1. The molecule has 2 aromatic rings. The molecule has 130 valence electrons. The predicted molar refractivity (Wildman–Crippen MR) is 95.5 cm³/mol. The Morgan fingerprint density at radius 1 is 1.20 bits per heavy atom. The topological polar surface area (TPSA) is 71.4 Å². The van der Waals surface area contributed by atoms with Crippen LogP contribution in [0.15, 0.2) is 36.5 Å². The van der Waals surface area contributed by atoms with Crippen molar-refractivity contribution in [2.24, 2.45) is 7.05 Å². The molecule has 1 aromatic heterocycles. The monoisotopic (exact) mass is 339 g/mol. The van der Waals surface area contributed by atoms with E-state index < -0.39 is 0 Å². The van der Waals surface area contributed by atoms with E-state index in [0.29, 0.717) is 19.3 Å². The van der Waals surface area contributed by atoms with E-state index in [2.05, 4.69) is 5.32 Å². The number of hydrogen-bond donors (Lipinski definition) is 1. The molecule has 0 radical (unpaired) electrons. The van der Waals surface area contributed by atoms with E-state index in [1.54, 1.807) is 6.08 Å². The van der Waals surface area contributed by atoms with Gasteiger partial charge in [-0.2, -0.15) is 0 Å². The van der Waals surface area contributed by atoms with Crippen molar-refractivity contribution in [2.75, 3.05) is 13.1 Å². The largest absolute Gasteiger partial charge is 0.351 e. The van der Waals surface area contributed by atoms with E-state index in [0.717, 1.165) is 16.5 Å². The highest BCUT2D eigenvalue weighted by molar-refractivity contribution is 5.98. The number of carbonyl (C=O) groups excluding carboxylic acids is 3. The highest BCUT2D eigenvalue weighted by Gasteiger charge is 2.25.